The van der Waals surface area contributed by atoms with Crippen molar-refractivity contribution in [2.24, 2.45) is 0 Å². The Hall–Kier alpha value is -3.41. The molecule has 0 aromatic rings. The van der Waals surface area contributed by atoms with E-state index in [0.29, 0.717) is 19.3 Å². The van der Waals surface area contributed by atoms with Gasteiger partial charge in [0.1, 0.15) is 13.2 Å². The van der Waals surface area contributed by atoms with Crippen LogP contribution >= 0.6 is 0 Å². The number of carbonyl (C=O) groups excluding carboxylic acids is 3. The Morgan fingerprint density at radius 3 is 1.12 bits per heavy atom. The average molecular weight is 919 g/mol. The molecule has 6 heteroatoms. The second-order valence-electron chi connectivity index (χ2n) is 18.1. The first kappa shape index (κ1) is 62.6. The SMILES string of the molecule is CC\C=C/C=C\C=C/CCCCCCCCCC(=O)OC(COC(=O)CCCCC/C=C\CCCCCCCCC)COC(=O)CCCCCCCCCCC/C=C\C/C=C\C/C=C\CC. The molecule has 0 aliphatic carbocycles. The van der Waals surface area contributed by atoms with Crippen molar-refractivity contribution < 1.29 is 28.6 Å². The maximum absolute atomic E-state index is 12.8. The molecule has 0 N–H and O–H groups in total. The van der Waals surface area contributed by atoms with Gasteiger partial charge >= 0.3 is 17.9 Å². The van der Waals surface area contributed by atoms with Gasteiger partial charge in [0.05, 0.1) is 0 Å². The lowest BCUT2D eigenvalue weighted by Gasteiger charge is -2.18. The Morgan fingerprint density at radius 2 is 0.667 bits per heavy atom. The summed E-state index contributed by atoms with van der Waals surface area (Å²) in [5.41, 5.74) is 0. The lowest BCUT2D eigenvalue weighted by molar-refractivity contribution is -0.167. The first-order chi connectivity index (χ1) is 32.5. The third-order valence-electron chi connectivity index (χ3n) is 11.7. The molecule has 0 saturated heterocycles. The van der Waals surface area contributed by atoms with E-state index >= 15 is 0 Å². The van der Waals surface area contributed by atoms with Crippen molar-refractivity contribution >= 4 is 17.9 Å². The maximum atomic E-state index is 12.8. The van der Waals surface area contributed by atoms with Crippen molar-refractivity contribution in [2.45, 2.75) is 264 Å². The van der Waals surface area contributed by atoms with Crippen LogP contribution in [0.3, 0.4) is 0 Å². The molecule has 0 aromatic carbocycles. The largest absolute Gasteiger partial charge is 0.462 e. The van der Waals surface area contributed by atoms with E-state index in [9.17, 15) is 14.4 Å². The van der Waals surface area contributed by atoms with Gasteiger partial charge in [-0.2, -0.15) is 0 Å². The van der Waals surface area contributed by atoms with Crippen LogP contribution < -0.4 is 0 Å². The van der Waals surface area contributed by atoms with E-state index in [0.717, 1.165) is 103 Å². The molecule has 0 radical (unpaired) electrons. The number of rotatable bonds is 49. The zero-order valence-corrected chi connectivity index (χ0v) is 43.2. The third-order valence-corrected chi connectivity index (χ3v) is 11.7. The van der Waals surface area contributed by atoms with Crippen molar-refractivity contribution in [2.75, 3.05) is 13.2 Å². The normalized spacial score (nSPS) is 12.7. The summed E-state index contributed by atoms with van der Waals surface area (Å²) >= 11 is 0. The average Bonchev–Trinajstić information content (AvgIpc) is 3.31. The second-order valence-corrected chi connectivity index (χ2v) is 18.1. The topological polar surface area (TPSA) is 78.9 Å². The van der Waals surface area contributed by atoms with E-state index in [1.165, 1.54) is 116 Å². The minimum absolute atomic E-state index is 0.0891. The van der Waals surface area contributed by atoms with E-state index in [1.54, 1.807) is 0 Å². The Morgan fingerprint density at radius 1 is 0.333 bits per heavy atom. The number of carbonyl (C=O) groups is 3. The summed E-state index contributed by atoms with van der Waals surface area (Å²) in [6, 6.07) is 0. The number of hydrogen-bond donors (Lipinski definition) is 0. The van der Waals surface area contributed by atoms with Gasteiger partial charge in [0.2, 0.25) is 0 Å². The quantitative estimate of drug-likeness (QED) is 0.0199. The molecule has 0 spiro atoms. The lowest BCUT2D eigenvalue weighted by Crippen LogP contribution is -2.30. The molecule has 1 unspecified atom stereocenters. The van der Waals surface area contributed by atoms with Crippen LogP contribution in [0.5, 0.6) is 0 Å². The fraction of sp³-hybridized carbons (Fsp3) is 0.717. The molecule has 0 heterocycles. The summed E-state index contributed by atoms with van der Waals surface area (Å²) in [6.07, 6.45) is 70.0. The van der Waals surface area contributed by atoms with Crippen LogP contribution in [0.2, 0.25) is 0 Å². The van der Waals surface area contributed by atoms with Crippen LogP contribution in [0, 0.1) is 0 Å². The predicted molar refractivity (Wildman–Crippen MR) is 284 cm³/mol. The summed E-state index contributed by atoms with van der Waals surface area (Å²) in [5.74, 6) is -0.919. The third kappa shape index (κ3) is 51.6. The first-order valence-corrected chi connectivity index (χ1v) is 27.6. The molecule has 378 valence electrons. The molecular formula is C60H102O6. The molecule has 0 aliphatic heterocycles. The van der Waals surface area contributed by atoms with E-state index in [1.807, 2.05) is 0 Å². The number of hydrogen-bond acceptors (Lipinski definition) is 6. The van der Waals surface area contributed by atoms with Gasteiger partial charge in [0.25, 0.3) is 0 Å². The number of allylic oxidation sites excluding steroid dienone is 14. The minimum atomic E-state index is -0.791. The van der Waals surface area contributed by atoms with Gasteiger partial charge in [-0.15, -0.1) is 0 Å². The van der Waals surface area contributed by atoms with Crippen LogP contribution in [-0.4, -0.2) is 37.2 Å². The highest BCUT2D eigenvalue weighted by Crippen LogP contribution is 2.15. The van der Waals surface area contributed by atoms with Crippen LogP contribution in [-0.2, 0) is 28.6 Å². The molecule has 66 heavy (non-hydrogen) atoms. The second kappa shape index (κ2) is 54.2. The molecule has 0 saturated carbocycles. The Kier molecular flexibility index (Phi) is 51.4. The van der Waals surface area contributed by atoms with E-state index in [4.69, 9.17) is 14.2 Å². The summed E-state index contributed by atoms with van der Waals surface area (Å²) in [5, 5.41) is 0. The highest BCUT2D eigenvalue weighted by atomic mass is 16.6. The first-order valence-electron chi connectivity index (χ1n) is 27.6. The highest BCUT2D eigenvalue weighted by Gasteiger charge is 2.19. The van der Waals surface area contributed by atoms with Gasteiger partial charge in [-0.1, -0.05) is 228 Å². The van der Waals surface area contributed by atoms with Crippen molar-refractivity contribution in [3.8, 4) is 0 Å². The molecule has 1 atom stereocenters. The standard InChI is InChI=1S/C60H102O6/c1-4-7-10-13-16-19-22-25-28-29-30-31-33-35-38-41-44-47-50-53-59(62)65-56-57(55-64-58(61)52-49-46-43-40-37-34-27-24-21-18-15-12-9-6-3)66-60(63)54-51-48-45-42-39-36-32-26-23-20-17-14-11-8-5-2/h7-8,10-11,14,16-17,19-20,23,25,28,34,37,57H,4-6,9,12-13,15,18,21-22,24,26-27,29-33,35-36,38-56H2,1-3H3/b10-7-,11-8-,17-14-,19-16-,23-20-,28-25-,37-34-. The van der Waals surface area contributed by atoms with E-state index in [2.05, 4.69) is 106 Å². The molecule has 0 rings (SSSR count). The van der Waals surface area contributed by atoms with Crippen molar-refractivity contribution in [3.05, 3.63) is 85.1 Å². The summed E-state index contributed by atoms with van der Waals surface area (Å²) in [4.78, 5) is 38.1. The van der Waals surface area contributed by atoms with Crippen molar-refractivity contribution in [3.63, 3.8) is 0 Å². The summed E-state index contributed by atoms with van der Waals surface area (Å²) < 4.78 is 16.8. The van der Waals surface area contributed by atoms with Gasteiger partial charge in [-0.3, -0.25) is 14.4 Å². The van der Waals surface area contributed by atoms with Gasteiger partial charge in [0.15, 0.2) is 6.10 Å². The number of esters is 3. The Labute approximate surface area is 407 Å². The van der Waals surface area contributed by atoms with E-state index in [-0.39, 0.29) is 31.1 Å². The van der Waals surface area contributed by atoms with Crippen molar-refractivity contribution in [1.82, 2.24) is 0 Å². The summed E-state index contributed by atoms with van der Waals surface area (Å²) in [7, 11) is 0. The molecule has 0 aliphatic rings. The van der Waals surface area contributed by atoms with Crippen LogP contribution in [0.1, 0.15) is 258 Å². The fourth-order valence-corrected chi connectivity index (χ4v) is 7.57. The zero-order chi connectivity index (χ0) is 47.9. The highest BCUT2D eigenvalue weighted by molar-refractivity contribution is 5.71. The van der Waals surface area contributed by atoms with Gasteiger partial charge in [-0.05, 0) is 96.3 Å². The molecule has 6 nitrogen and oxygen atoms in total. The Balaban J connectivity index is 4.40. The number of unbranched alkanes of at least 4 members (excludes halogenated alkanes) is 26. The van der Waals surface area contributed by atoms with E-state index < -0.39 is 6.10 Å². The molecule has 0 fully saturated rings. The van der Waals surface area contributed by atoms with Gasteiger partial charge in [0, 0.05) is 19.3 Å². The molecule has 0 amide bonds. The van der Waals surface area contributed by atoms with Crippen molar-refractivity contribution in [1.29, 1.82) is 0 Å². The minimum Gasteiger partial charge on any atom is -0.462 e. The van der Waals surface area contributed by atoms with Crippen LogP contribution in [0.25, 0.3) is 0 Å². The van der Waals surface area contributed by atoms with Crippen LogP contribution in [0.4, 0.5) is 0 Å². The van der Waals surface area contributed by atoms with Gasteiger partial charge in [-0.25, -0.2) is 0 Å². The molecule has 0 aromatic heterocycles. The smallest absolute Gasteiger partial charge is 0.306 e. The monoisotopic (exact) mass is 919 g/mol. The molecule has 0 bridgehead atoms. The number of ether oxygens (including phenoxy) is 3. The zero-order valence-electron chi connectivity index (χ0n) is 43.2. The predicted octanol–water partition coefficient (Wildman–Crippen LogP) is 18.4. The van der Waals surface area contributed by atoms with Gasteiger partial charge < -0.3 is 14.2 Å². The summed E-state index contributed by atoms with van der Waals surface area (Å²) in [6.45, 7) is 6.38. The lowest BCUT2D eigenvalue weighted by atomic mass is 10.1. The Bertz CT molecular complexity index is 1290. The fourth-order valence-electron chi connectivity index (χ4n) is 7.57. The maximum Gasteiger partial charge on any atom is 0.306 e. The van der Waals surface area contributed by atoms with Crippen LogP contribution in [0.15, 0.2) is 85.1 Å². The molecular weight excluding hydrogens is 817 g/mol.